The van der Waals surface area contributed by atoms with E-state index < -0.39 is 0 Å². The highest BCUT2D eigenvalue weighted by molar-refractivity contribution is 5.58. The first-order chi connectivity index (χ1) is 9.18. The molecule has 0 saturated carbocycles. The molecule has 0 bridgehead atoms. The molecule has 1 aromatic carbocycles. The lowest BCUT2D eigenvalue weighted by Gasteiger charge is -2.28. The molecule has 1 fully saturated rings. The Morgan fingerprint density at radius 3 is 2.58 bits per heavy atom. The Morgan fingerprint density at radius 1 is 1.32 bits per heavy atom. The molecule has 1 aliphatic rings. The van der Waals surface area contributed by atoms with Crippen molar-refractivity contribution in [2.75, 3.05) is 25.1 Å². The van der Waals surface area contributed by atoms with E-state index in [4.69, 9.17) is 10.5 Å². The van der Waals surface area contributed by atoms with Crippen LogP contribution < -0.4 is 15.4 Å². The normalized spacial score (nSPS) is 17.8. The Labute approximate surface area is 116 Å². The summed E-state index contributed by atoms with van der Waals surface area (Å²) < 4.78 is 5.35. The van der Waals surface area contributed by atoms with Gasteiger partial charge < -0.3 is 15.4 Å². The van der Waals surface area contributed by atoms with Gasteiger partial charge in [-0.1, -0.05) is 19.9 Å². The molecule has 2 rings (SSSR count). The van der Waals surface area contributed by atoms with Gasteiger partial charge in [-0.3, -0.25) is 0 Å². The van der Waals surface area contributed by atoms with Crippen molar-refractivity contribution in [1.82, 2.24) is 0 Å². The smallest absolute Gasteiger partial charge is 0.120 e. The van der Waals surface area contributed by atoms with Crippen molar-refractivity contribution in [3.8, 4) is 5.75 Å². The third-order valence-corrected chi connectivity index (χ3v) is 4.79. The predicted molar refractivity (Wildman–Crippen MR) is 80.7 cm³/mol. The molecule has 1 aliphatic heterocycles. The second-order valence-corrected chi connectivity index (χ2v) is 5.58. The van der Waals surface area contributed by atoms with Gasteiger partial charge in [0, 0.05) is 31.4 Å². The van der Waals surface area contributed by atoms with Crippen LogP contribution in [0.1, 0.15) is 38.7 Å². The highest BCUT2D eigenvalue weighted by Gasteiger charge is 2.35. The zero-order valence-corrected chi connectivity index (χ0v) is 12.4. The first-order valence-electron chi connectivity index (χ1n) is 7.30. The van der Waals surface area contributed by atoms with Crippen LogP contribution in [0.15, 0.2) is 18.2 Å². The largest absolute Gasteiger partial charge is 0.497 e. The van der Waals surface area contributed by atoms with E-state index in [2.05, 4.69) is 30.9 Å². The van der Waals surface area contributed by atoms with Crippen molar-refractivity contribution in [3.63, 3.8) is 0 Å². The fourth-order valence-electron chi connectivity index (χ4n) is 3.11. The summed E-state index contributed by atoms with van der Waals surface area (Å²) in [4.78, 5) is 2.48. The molecule has 0 spiro atoms. The molecular formula is C16H26N2O. The van der Waals surface area contributed by atoms with E-state index in [1.54, 1.807) is 7.11 Å². The number of ether oxygens (including phenoxy) is 1. The van der Waals surface area contributed by atoms with E-state index in [9.17, 15) is 0 Å². The van der Waals surface area contributed by atoms with Crippen LogP contribution in [-0.2, 0) is 6.54 Å². The van der Waals surface area contributed by atoms with Gasteiger partial charge in [-0.2, -0.15) is 0 Å². The number of hydrogen-bond donors (Lipinski definition) is 1. The molecule has 3 heteroatoms. The zero-order chi connectivity index (χ0) is 13.9. The van der Waals surface area contributed by atoms with Gasteiger partial charge in [-0.05, 0) is 36.3 Å². The zero-order valence-electron chi connectivity index (χ0n) is 12.4. The second-order valence-electron chi connectivity index (χ2n) is 5.58. The van der Waals surface area contributed by atoms with Crippen LogP contribution in [0, 0.1) is 5.41 Å². The number of nitrogens with zero attached hydrogens (tertiary/aromatic N) is 1. The summed E-state index contributed by atoms with van der Waals surface area (Å²) in [6.45, 7) is 7.47. The lowest BCUT2D eigenvalue weighted by molar-refractivity contribution is 0.301. The molecule has 0 unspecified atom stereocenters. The molecule has 3 nitrogen and oxygen atoms in total. The molecule has 1 saturated heterocycles. The van der Waals surface area contributed by atoms with Gasteiger partial charge in [0.1, 0.15) is 5.75 Å². The van der Waals surface area contributed by atoms with Crippen LogP contribution in [0.4, 0.5) is 5.69 Å². The summed E-state index contributed by atoms with van der Waals surface area (Å²) in [6.07, 6.45) is 3.78. The lowest BCUT2D eigenvalue weighted by Crippen LogP contribution is -2.27. The van der Waals surface area contributed by atoms with Crippen molar-refractivity contribution in [1.29, 1.82) is 0 Å². The van der Waals surface area contributed by atoms with Crippen LogP contribution in [0.25, 0.3) is 0 Å². The summed E-state index contributed by atoms with van der Waals surface area (Å²) in [5, 5.41) is 0. The highest BCUT2D eigenvalue weighted by atomic mass is 16.5. The van der Waals surface area contributed by atoms with Gasteiger partial charge in [0.25, 0.3) is 0 Å². The average Bonchev–Trinajstić information content (AvgIpc) is 2.91. The van der Waals surface area contributed by atoms with Crippen molar-refractivity contribution in [2.24, 2.45) is 11.1 Å². The Balaban J connectivity index is 2.27. The summed E-state index contributed by atoms with van der Waals surface area (Å²) >= 11 is 0. The molecule has 1 heterocycles. The SMILES string of the molecule is CCC1(CC)CCN(c2cc(OC)ccc2CN)C1. The quantitative estimate of drug-likeness (QED) is 0.885. The van der Waals surface area contributed by atoms with E-state index in [1.807, 2.05) is 6.07 Å². The summed E-state index contributed by atoms with van der Waals surface area (Å²) in [5.74, 6) is 0.915. The topological polar surface area (TPSA) is 38.5 Å². The van der Waals surface area contributed by atoms with Gasteiger partial charge in [-0.15, -0.1) is 0 Å². The number of methoxy groups -OCH3 is 1. The molecule has 106 valence electrons. The van der Waals surface area contributed by atoms with Gasteiger partial charge in [0.2, 0.25) is 0 Å². The van der Waals surface area contributed by atoms with Crippen LogP contribution in [0.3, 0.4) is 0 Å². The van der Waals surface area contributed by atoms with Crippen LogP contribution in [-0.4, -0.2) is 20.2 Å². The van der Waals surface area contributed by atoms with Crippen molar-refractivity contribution >= 4 is 5.69 Å². The molecule has 0 amide bonds. The van der Waals surface area contributed by atoms with Crippen LogP contribution >= 0.6 is 0 Å². The molecule has 19 heavy (non-hydrogen) atoms. The molecule has 0 atom stereocenters. The maximum Gasteiger partial charge on any atom is 0.120 e. The van der Waals surface area contributed by atoms with Gasteiger partial charge in [-0.25, -0.2) is 0 Å². The minimum atomic E-state index is 0.481. The first kappa shape index (κ1) is 14.2. The van der Waals surface area contributed by atoms with E-state index >= 15 is 0 Å². The summed E-state index contributed by atoms with van der Waals surface area (Å²) in [5.41, 5.74) is 8.82. The number of hydrogen-bond acceptors (Lipinski definition) is 3. The average molecular weight is 262 g/mol. The minimum Gasteiger partial charge on any atom is -0.497 e. The molecule has 0 aromatic heterocycles. The Morgan fingerprint density at radius 2 is 2.05 bits per heavy atom. The number of rotatable bonds is 5. The van der Waals surface area contributed by atoms with Crippen LogP contribution in [0.2, 0.25) is 0 Å². The maximum atomic E-state index is 5.87. The molecule has 0 aliphatic carbocycles. The van der Waals surface area contributed by atoms with Crippen molar-refractivity contribution < 1.29 is 4.74 Å². The molecule has 0 radical (unpaired) electrons. The van der Waals surface area contributed by atoms with Gasteiger partial charge in [0.05, 0.1) is 7.11 Å². The lowest BCUT2D eigenvalue weighted by atomic mass is 9.82. The van der Waals surface area contributed by atoms with Crippen molar-refractivity contribution in [3.05, 3.63) is 23.8 Å². The Hall–Kier alpha value is -1.22. The first-order valence-corrected chi connectivity index (χ1v) is 7.30. The maximum absolute atomic E-state index is 5.87. The summed E-state index contributed by atoms with van der Waals surface area (Å²) in [6, 6.07) is 6.21. The summed E-state index contributed by atoms with van der Waals surface area (Å²) in [7, 11) is 1.72. The van der Waals surface area contributed by atoms with E-state index in [0.29, 0.717) is 12.0 Å². The van der Waals surface area contributed by atoms with E-state index in [1.165, 1.54) is 30.5 Å². The molecule has 1 aromatic rings. The third kappa shape index (κ3) is 2.71. The van der Waals surface area contributed by atoms with Crippen LogP contribution in [0.5, 0.6) is 5.75 Å². The minimum absolute atomic E-state index is 0.481. The fraction of sp³-hybridized carbons (Fsp3) is 0.625. The third-order valence-electron chi connectivity index (χ3n) is 4.79. The Bertz CT molecular complexity index is 427. The van der Waals surface area contributed by atoms with Gasteiger partial charge >= 0.3 is 0 Å². The number of nitrogens with two attached hydrogens (primary N) is 1. The standard InChI is InChI=1S/C16H26N2O/c1-4-16(5-2)8-9-18(12-16)15-10-14(19-3)7-6-13(15)11-17/h6-7,10H,4-5,8-9,11-12,17H2,1-3H3. The molecular weight excluding hydrogens is 236 g/mol. The predicted octanol–water partition coefficient (Wildman–Crippen LogP) is 3.17. The van der Waals surface area contributed by atoms with E-state index in [-0.39, 0.29) is 0 Å². The van der Waals surface area contributed by atoms with E-state index in [0.717, 1.165) is 18.8 Å². The number of benzene rings is 1. The second kappa shape index (κ2) is 5.83. The highest BCUT2D eigenvalue weighted by Crippen LogP contribution is 2.40. The van der Waals surface area contributed by atoms with Gasteiger partial charge in [0.15, 0.2) is 0 Å². The molecule has 2 N–H and O–H groups in total. The monoisotopic (exact) mass is 262 g/mol. The number of anilines is 1. The van der Waals surface area contributed by atoms with Crippen molar-refractivity contribution in [2.45, 2.75) is 39.7 Å². The fourth-order valence-corrected chi connectivity index (χ4v) is 3.11. The Kier molecular flexibility index (Phi) is 4.35.